The Labute approximate surface area is 128 Å². The van der Waals surface area contributed by atoms with Crippen LogP contribution >= 0.6 is 43.2 Å². The van der Waals surface area contributed by atoms with Gasteiger partial charge in [-0.2, -0.15) is 0 Å². The maximum atomic E-state index is 5.70. The van der Waals surface area contributed by atoms with E-state index in [1.807, 2.05) is 0 Å². The molecule has 1 aromatic heterocycles. The topological polar surface area (TPSA) is 38.0 Å². The Bertz CT molecular complexity index is 522. The first-order chi connectivity index (χ1) is 8.65. The van der Waals surface area contributed by atoms with Crippen molar-refractivity contribution in [2.24, 2.45) is 5.84 Å². The van der Waals surface area contributed by atoms with E-state index in [2.05, 4.69) is 74.5 Å². The number of hydrogen-bond donors (Lipinski definition) is 2. The molecule has 96 valence electrons. The van der Waals surface area contributed by atoms with Gasteiger partial charge in [-0.05, 0) is 55.5 Å². The number of thiophene rings is 1. The minimum Gasteiger partial charge on any atom is -0.271 e. The average molecular weight is 390 g/mol. The van der Waals surface area contributed by atoms with Crippen molar-refractivity contribution < 1.29 is 0 Å². The fourth-order valence-corrected chi connectivity index (χ4v) is 4.76. The first-order valence-electron chi connectivity index (χ1n) is 5.65. The zero-order chi connectivity index (χ0) is 13.1. The molecule has 3 N–H and O–H groups in total. The van der Waals surface area contributed by atoms with Gasteiger partial charge in [0, 0.05) is 5.56 Å². The standard InChI is InChI=1S/C13H14Br2N2S/c1-2-8-3-5-9(6-4-8)12(17-16)10-7-11(14)18-13(10)15/h3-7,12,17H,2,16H2,1H3. The zero-order valence-electron chi connectivity index (χ0n) is 9.91. The molecular weight excluding hydrogens is 376 g/mol. The Morgan fingerprint density at radius 1 is 1.28 bits per heavy atom. The molecule has 1 heterocycles. The summed E-state index contributed by atoms with van der Waals surface area (Å²) in [5, 5.41) is 0. The normalized spacial score (nSPS) is 12.7. The molecule has 0 aliphatic heterocycles. The zero-order valence-corrected chi connectivity index (χ0v) is 13.9. The van der Waals surface area contributed by atoms with Gasteiger partial charge in [0.2, 0.25) is 0 Å². The molecule has 1 aromatic carbocycles. The summed E-state index contributed by atoms with van der Waals surface area (Å²) in [5.41, 5.74) is 6.53. The molecule has 5 heteroatoms. The van der Waals surface area contributed by atoms with Crippen molar-refractivity contribution >= 4 is 43.2 Å². The van der Waals surface area contributed by atoms with Crippen molar-refractivity contribution in [1.29, 1.82) is 0 Å². The Hall–Kier alpha value is -0.200. The lowest BCUT2D eigenvalue weighted by Gasteiger charge is -2.16. The first-order valence-corrected chi connectivity index (χ1v) is 8.05. The van der Waals surface area contributed by atoms with Crippen LogP contribution in [0.2, 0.25) is 0 Å². The van der Waals surface area contributed by atoms with Crippen LogP contribution < -0.4 is 11.3 Å². The molecule has 18 heavy (non-hydrogen) atoms. The number of hydrogen-bond acceptors (Lipinski definition) is 3. The Kier molecular flexibility index (Phi) is 4.98. The van der Waals surface area contributed by atoms with E-state index in [4.69, 9.17) is 5.84 Å². The summed E-state index contributed by atoms with van der Waals surface area (Å²) in [5.74, 6) is 5.70. The Morgan fingerprint density at radius 2 is 1.94 bits per heavy atom. The molecule has 2 aromatic rings. The lowest BCUT2D eigenvalue weighted by molar-refractivity contribution is 0.636. The van der Waals surface area contributed by atoms with Crippen molar-refractivity contribution in [3.8, 4) is 0 Å². The van der Waals surface area contributed by atoms with E-state index in [0.29, 0.717) is 0 Å². The van der Waals surface area contributed by atoms with Gasteiger partial charge in [0.05, 0.1) is 13.6 Å². The van der Waals surface area contributed by atoms with E-state index in [-0.39, 0.29) is 6.04 Å². The summed E-state index contributed by atoms with van der Waals surface area (Å²) in [6.45, 7) is 2.15. The highest BCUT2D eigenvalue weighted by Gasteiger charge is 2.17. The third-order valence-electron chi connectivity index (χ3n) is 2.88. The molecule has 0 saturated heterocycles. The van der Waals surface area contributed by atoms with Gasteiger partial charge in [-0.3, -0.25) is 5.84 Å². The van der Waals surface area contributed by atoms with Crippen LogP contribution in [0.4, 0.5) is 0 Å². The molecule has 0 saturated carbocycles. The van der Waals surface area contributed by atoms with Crippen LogP contribution in [0.3, 0.4) is 0 Å². The number of nitrogens with one attached hydrogen (secondary N) is 1. The quantitative estimate of drug-likeness (QED) is 0.601. The summed E-state index contributed by atoms with van der Waals surface area (Å²) in [4.78, 5) is 0. The Balaban J connectivity index is 2.35. The SMILES string of the molecule is CCc1ccc(C(NN)c2cc(Br)sc2Br)cc1. The fourth-order valence-electron chi connectivity index (χ4n) is 1.86. The van der Waals surface area contributed by atoms with Gasteiger partial charge in [0.25, 0.3) is 0 Å². The molecule has 0 bridgehead atoms. The predicted molar refractivity (Wildman–Crippen MR) is 84.7 cm³/mol. The van der Waals surface area contributed by atoms with E-state index in [1.165, 1.54) is 11.1 Å². The first kappa shape index (κ1) is 14.2. The number of aryl methyl sites for hydroxylation is 1. The second kappa shape index (κ2) is 6.30. The second-order valence-electron chi connectivity index (χ2n) is 3.97. The van der Waals surface area contributed by atoms with Crippen LogP contribution in [-0.4, -0.2) is 0 Å². The maximum absolute atomic E-state index is 5.70. The monoisotopic (exact) mass is 388 g/mol. The van der Waals surface area contributed by atoms with Gasteiger partial charge in [-0.1, -0.05) is 31.2 Å². The summed E-state index contributed by atoms with van der Waals surface area (Å²) in [7, 11) is 0. The van der Waals surface area contributed by atoms with E-state index in [1.54, 1.807) is 11.3 Å². The molecule has 0 amide bonds. The van der Waals surface area contributed by atoms with Crippen molar-refractivity contribution in [3.63, 3.8) is 0 Å². The van der Waals surface area contributed by atoms with Crippen LogP contribution in [0.15, 0.2) is 37.9 Å². The van der Waals surface area contributed by atoms with E-state index >= 15 is 0 Å². The molecule has 0 aliphatic carbocycles. The lowest BCUT2D eigenvalue weighted by atomic mass is 10.00. The number of rotatable bonds is 4. The van der Waals surface area contributed by atoms with Gasteiger partial charge in [0.1, 0.15) is 0 Å². The number of nitrogens with two attached hydrogens (primary N) is 1. The van der Waals surface area contributed by atoms with Gasteiger partial charge in [-0.25, -0.2) is 5.43 Å². The maximum Gasteiger partial charge on any atom is 0.0762 e. The summed E-state index contributed by atoms with van der Waals surface area (Å²) in [6.07, 6.45) is 1.05. The Morgan fingerprint density at radius 3 is 2.39 bits per heavy atom. The molecule has 0 radical (unpaired) electrons. The summed E-state index contributed by atoms with van der Waals surface area (Å²) in [6, 6.07) is 10.6. The molecule has 1 unspecified atom stereocenters. The lowest BCUT2D eigenvalue weighted by Crippen LogP contribution is -2.28. The van der Waals surface area contributed by atoms with E-state index < -0.39 is 0 Å². The number of hydrazine groups is 1. The smallest absolute Gasteiger partial charge is 0.0762 e. The van der Waals surface area contributed by atoms with Gasteiger partial charge < -0.3 is 0 Å². The average Bonchev–Trinajstić information content (AvgIpc) is 2.70. The van der Waals surface area contributed by atoms with E-state index in [0.717, 1.165) is 19.6 Å². The van der Waals surface area contributed by atoms with Crippen molar-refractivity contribution in [3.05, 3.63) is 54.6 Å². The van der Waals surface area contributed by atoms with Crippen LogP contribution in [0.1, 0.15) is 29.7 Å². The van der Waals surface area contributed by atoms with Crippen LogP contribution in [-0.2, 0) is 6.42 Å². The largest absolute Gasteiger partial charge is 0.271 e. The molecule has 0 fully saturated rings. The minimum atomic E-state index is 0.00725. The highest BCUT2D eigenvalue weighted by Crippen LogP contribution is 2.37. The molecule has 0 spiro atoms. The third-order valence-corrected chi connectivity index (χ3v) is 5.27. The van der Waals surface area contributed by atoms with Crippen LogP contribution in [0.5, 0.6) is 0 Å². The van der Waals surface area contributed by atoms with Crippen LogP contribution in [0, 0.1) is 0 Å². The highest BCUT2D eigenvalue weighted by molar-refractivity contribution is 9.12. The predicted octanol–water partition coefficient (Wildman–Crippen LogP) is 4.39. The minimum absolute atomic E-state index is 0.00725. The van der Waals surface area contributed by atoms with Gasteiger partial charge in [-0.15, -0.1) is 11.3 Å². The summed E-state index contributed by atoms with van der Waals surface area (Å²) < 4.78 is 2.19. The second-order valence-corrected chi connectivity index (χ2v) is 7.72. The molecule has 1 atom stereocenters. The van der Waals surface area contributed by atoms with E-state index in [9.17, 15) is 0 Å². The highest BCUT2D eigenvalue weighted by atomic mass is 79.9. The number of halogens is 2. The van der Waals surface area contributed by atoms with Crippen molar-refractivity contribution in [1.82, 2.24) is 5.43 Å². The van der Waals surface area contributed by atoms with Crippen LogP contribution in [0.25, 0.3) is 0 Å². The molecule has 2 nitrogen and oxygen atoms in total. The van der Waals surface area contributed by atoms with Crippen molar-refractivity contribution in [2.75, 3.05) is 0 Å². The van der Waals surface area contributed by atoms with Gasteiger partial charge in [0.15, 0.2) is 0 Å². The van der Waals surface area contributed by atoms with Crippen molar-refractivity contribution in [2.45, 2.75) is 19.4 Å². The number of benzene rings is 1. The third kappa shape index (κ3) is 3.03. The molecular formula is C13H14Br2N2S. The molecule has 0 aliphatic rings. The van der Waals surface area contributed by atoms with Gasteiger partial charge >= 0.3 is 0 Å². The fraction of sp³-hybridized carbons (Fsp3) is 0.231. The summed E-state index contributed by atoms with van der Waals surface area (Å²) >= 11 is 8.73. The molecule has 2 rings (SSSR count).